The minimum atomic E-state index is -0.463. The first-order chi connectivity index (χ1) is 11.4. The molecule has 24 heavy (non-hydrogen) atoms. The maximum atomic E-state index is 12.6. The first-order valence-corrected chi connectivity index (χ1v) is 8.54. The van der Waals surface area contributed by atoms with Crippen molar-refractivity contribution in [2.24, 2.45) is 11.8 Å². The summed E-state index contributed by atoms with van der Waals surface area (Å²) in [7, 11) is 1.33. The SMILES string of the molecule is COC(=O)c1[nH]c(C)c(C(=O)NC[C@@H]2CCCO[C@@H]2C(C)C)c1C. The number of rotatable bonds is 5. The van der Waals surface area contributed by atoms with Gasteiger partial charge in [0.05, 0.1) is 18.8 Å². The van der Waals surface area contributed by atoms with Crippen molar-refractivity contribution in [3.63, 3.8) is 0 Å². The van der Waals surface area contributed by atoms with Gasteiger partial charge in [0.15, 0.2) is 0 Å². The van der Waals surface area contributed by atoms with E-state index in [1.54, 1.807) is 13.8 Å². The quantitative estimate of drug-likeness (QED) is 0.810. The molecule has 0 aromatic carbocycles. The highest BCUT2D eigenvalue weighted by molar-refractivity contribution is 6.01. The van der Waals surface area contributed by atoms with Crippen LogP contribution in [0.15, 0.2) is 0 Å². The van der Waals surface area contributed by atoms with E-state index in [4.69, 9.17) is 9.47 Å². The lowest BCUT2D eigenvalue weighted by molar-refractivity contribution is -0.0510. The van der Waals surface area contributed by atoms with E-state index >= 15 is 0 Å². The number of aryl methyl sites for hydroxylation is 1. The molecule has 1 amide bonds. The summed E-state index contributed by atoms with van der Waals surface area (Å²) in [5.74, 6) is 0.121. The zero-order chi connectivity index (χ0) is 17.9. The minimum absolute atomic E-state index is 0.163. The normalized spacial score (nSPS) is 20.9. The van der Waals surface area contributed by atoms with Gasteiger partial charge < -0.3 is 19.8 Å². The molecular weight excluding hydrogens is 308 g/mol. The van der Waals surface area contributed by atoms with Crippen LogP contribution in [0.3, 0.4) is 0 Å². The van der Waals surface area contributed by atoms with Crippen LogP contribution in [0.5, 0.6) is 0 Å². The van der Waals surface area contributed by atoms with Gasteiger partial charge in [-0.05, 0) is 38.2 Å². The van der Waals surface area contributed by atoms with Crippen molar-refractivity contribution in [3.05, 3.63) is 22.5 Å². The highest BCUT2D eigenvalue weighted by atomic mass is 16.5. The van der Waals surface area contributed by atoms with Crippen molar-refractivity contribution in [1.29, 1.82) is 0 Å². The molecule has 0 radical (unpaired) electrons. The van der Waals surface area contributed by atoms with Crippen LogP contribution < -0.4 is 5.32 Å². The lowest BCUT2D eigenvalue weighted by Gasteiger charge is -2.34. The fraction of sp³-hybridized carbons (Fsp3) is 0.667. The second-order valence-electron chi connectivity index (χ2n) is 6.81. The smallest absolute Gasteiger partial charge is 0.354 e. The van der Waals surface area contributed by atoms with Crippen LogP contribution in [0, 0.1) is 25.7 Å². The van der Waals surface area contributed by atoms with Crippen LogP contribution in [0.25, 0.3) is 0 Å². The van der Waals surface area contributed by atoms with Crippen LogP contribution >= 0.6 is 0 Å². The number of ether oxygens (including phenoxy) is 2. The van der Waals surface area contributed by atoms with Gasteiger partial charge in [-0.2, -0.15) is 0 Å². The van der Waals surface area contributed by atoms with Crippen molar-refractivity contribution < 1.29 is 19.1 Å². The van der Waals surface area contributed by atoms with Crippen LogP contribution in [0.4, 0.5) is 0 Å². The second-order valence-corrected chi connectivity index (χ2v) is 6.81. The van der Waals surface area contributed by atoms with Gasteiger partial charge in [-0.1, -0.05) is 13.8 Å². The summed E-state index contributed by atoms with van der Waals surface area (Å²) < 4.78 is 10.6. The molecule has 1 fully saturated rings. The third kappa shape index (κ3) is 3.80. The molecule has 1 saturated heterocycles. The molecule has 2 rings (SSSR count). The van der Waals surface area contributed by atoms with Gasteiger partial charge in [-0.3, -0.25) is 4.79 Å². The van der Waals surface area contributed by atoms with Gasteiger partial charge in [-0.15, -0.1) is 0 Å². The van der Waals surface area contributed by atoms with Gasteiger partial charge in [0.2, 0.25) is 0 Å². The maximum Gasteiger partial charge on any atom is 0.354 e. The second kappa shape index (κ2) is 7.83. The Labute approximate surface area is 143 Å². The average molecular weight is 336 g/mol. The van der Waals surface area contributed by atoms with Crippen molar-refractivity contribution in [1.82, 2.24) is 10.3 Å². The lowest BCUT2D eigenvalue weighted by atomic mass is 9.87. The molecule has 2 heterocycles. The van der Waals surface area contributed by atoms with Crippen molar-refractivity contribution >= 4 is 11.9 Å². The number of hydrogen-bond acceptors (Lipinski definition) is 4. The fourth-order valence-electron chi connectivity index (χ4n) is 3.53. The van der Waals surface area contributed by atoms with Gasteiger partial charge in [-0.25, -0.2) is 4.79 Å². The molecule has 1 aromatic heterocycles. The first-order valence-electron chi connectivity index (χ1n) is 8.54. The van der Waals surface area contributed by atoms with Crippen molar-refractivity contribution in [3.8, 4) is 0 Å². The number of nitrogens with one attached hydrogen (secondary N) is 2. The zero-order valence-corrected chi connectivity index (χ0v) is 15.2. The average Bonchev–Trinajstić information content (AvgIpc) is 2.86. The number of amides is 1. The summed E-state index contributed by atoms with van der Waals surface area (Å²) in [6.07, 6.45) is 2.26. The van der Waals surface area contributed by atoms with Gasteiger partial charge in [0.25, 0.3) is 5.91 Å². The Hall–Kier alpha value is -1.82. The summed E-state index contributed by atoms with van der Waals surface area (Å²) in [6, 6.07) is 0. The predicted molar refractivity (Wildman–Crippen MR) is 91.2 cm³/mol. The lowest BCUT2D eigenvalue weighted by Crippen LogP contribution is -2.41. The van der Waals surface area contributed by atoms with E-state index in [0.717, 1.165) is 19.4 Å². The topological polar surface area (TPSA) is 80.4 Å². The van der Waals surface area contributed by atoms with Crippen LogP contribution in [-0.4, -0.2) is 43.2 Å². The van der Waals surface area contributed by atoms with E-state index in [1.165, 1.54) is 7.11 Å². The monoisotopic (exact) mass is 336 g/mol. The summed E-state index contributed by atoms with van der Waals surface area (Å²) in [4.78, 5) is 27.3. The Morgan fingerprint density at radius 3 is 2.71 bits per heavy atom. The number of methoxy groups -OCH3 is 1. The molecule has 134 valence electrons. The largest absolute Gasteiger partial charge is 0.464 e. The highest BCUT2D eigenvalue weighted by Crippen LogP contribution is 2.26. The number of hydrogen-bond donors (Lipinski definition) is 2. The third-order valence-electron chi connectivity index (χ3n) is 4.73. The summed E-state index contributed by atoms with van der Waals surface area (Å²) in [6.45, 7) is 9.22. The molecular formula is C18H28N2O4. The molecule has 0 bridgehead atoms. The Bertz CT molecular complexity index is 606. The van der Waals surface area contributed by atoms with Crippen molar-refractivity contribution in [2.75, 3.05) is 20.3 Å². The van der Waals surface area contributed by atoms with Crippen LogP contribution in [0.2, 0.25) is 0 Å². The van der Waals surface area contributed by atoms with Gasteiger partial charge in [0, 0.05) is 24.8 Å². The number of aromatic amines is 1. The standard InChI is InChI=1S/C18H28N2O4/c1-10(2)16-13(7-6-8-24-16)9-19-17(21)14-11(3)15(18(22)23-5)20-12(14)4/h10,13,16,20H,6-9H2,1-5H3,(H,19,21)/t13-,16+/m0/s1. The third-order valence-corrected chi connectivity index (χ3v) is 4.73. The van der Waals surface area contributed by atoms with Crippen LogP contribution in [-0.2, 0) is 9.47 Å². The van der Waals surface area contributed by atoms with Gasteiger partial charge >= 0.3 is 5.97 Å². The molecule has 6 heteroatoms. The van der Waals surface area contributed by atoms with E-state index in [1.807, 2.05) is 0 Å². The molecule has 1 aliphatic rings. The number of aromatic nitrogens is 1. The van der Waals surface area contributed by atoms with E-state index < -0.39 is 5.97 Å². The Kier molecular flexibility index (Phi) is 6.04. The molecule has 0 spiro atoms. The molecule has 0 unspecified atom stereocenters. The minimum Gasteiger partial charge on any atom is -0.464 e. The Balaban J connectivity index is 2.07. The predicted octanol–water partition coefficient (Wildman–Crippen LogP) is 2.60. The van der Waals surface area contributed by atoms with E-state index in [2.05, 4.69) is 24.1 Å². The molecule has 2 N–H and O–H groups in total. The van der Waals surface area contributed by atoms with Crippen LogP contribution in [0.1, 0.15) is 58.8 Å². The first kappa shape index (κ1) is 18.5. The van der Waals surface area contributed by atoms with E-state index in [-0.39, 0.29) is 12.0 Å². The molecule has 1 aliphatic heterocycles. The molecule has 0 saturated carbocycles. The number of carbonyl (C=O) groups excluding carboxylic acids is 2. The highest BCUT2D eigenvalue weighted by Gasteiger charge is 2.29. The summed E-state index contributed by atoms with van der Waals surface area (Å²) >= 11 is 0. The Morgan fingerprint density at radius 1 is 1.38 bits per heavy atom. The molecule has 0 aliphatic carbocycles. The Morgan fingerprint density at radius 2 is 2.08 bits per heavy atom. The number of carbonyl (C=O) groups is 2. The number of esters is 1. The summed E-state index contributed by atoms with van der Waals surface area (Å²) in [5.41, 5.74) is 2.15. The molecule has 6 nitrogen and oxygen atoms in total. The molecule has 2 atom stereocenters. The number of H-pyrrole nitrogens is 1. The summed E-state index contributed by atoms with van der Waals surface area (Å²) in [5, 5.41) is 3.01. The van der Waals surface area contributed by atoms with E-state index in [0.29, 0.717) is 40.9 Å². The fourth-order valence-corrected chi connectivity index (χ4v) is 3.53. The maximum absolute atomic E-state index is 12.6. The van der Waals surface area contributed by atoms with Crippen molar-refractivity contribution in [2.45, 2.75) is 46.6 Å². The van der Waals surface area contributed by atoms with Gasteiger partial charge in [0.1, 0.15) is 5.69 Å². The zero-order valence-electron chi connectivity index (χ0n) is 15.2. The molecule has 1 aromatic rings. The van der Waals surface area contributed by atoms with E-state index in [9.17, 15) is 9.59 Å².